The number of carbonyl (C=O) groups excluding carboxylic acids is 2. The molecule has 2 saturated heterocycles. The van der Waals surface area contributed by atoms with Crippen molar-refractivity contribution in [2.24, 2.45) is 11.8 Å². The first kappa shape index (κ1) is 25.1. The number of alkyl carbamates (subject to hydrolysis) is 1. The third-order valence-electron chi connectivity index (χ3n) is 7.16. The van der Waals surface area contributed by atoms with Crippen LogP contribution in [0.2, 0.25) is 5.02 Å². The molecule has 1 aromatic carbocycles. The monoisotopic (exact) mass is 492 g/mol. The van der Waals surface area contributed by atoms with E-state index in [4.69, 9.17) is 25.8 Å². The largest absolute Gasteiger partial charge is 0.487 e. The first-order valence-electron chi connectivity index (χ1n) is 12.3. The molecule has 4 rings (SSSR count). The molecular formula is C26H37ClN2O5. The van der Waals surface area contributed by atoms with Gasteiger partial charge in [-0.25, -0.2) is 4.79 Å². The number of amides is 2. The maximum absolute atomic E-state index is 13.3. The Labute approximate surface area is 207 Å². The summed E-state index contributed by atoms with van der Waals surface area (Å²) in [6, 6.07) is 5.13. The molecule has 1 aromatic rings. The fraction of sp³-hybridized carbons (Fsp3) is 0.692. The highest BCUT2D eigenvalue weighted by Gasteiger charge is 2.51. The van der Waals surface area contributed by atoms with Gasteiger partial charge in [0.25, 0.3) is 0 Å². The first-order chi connectivity index (χ1) is 15.9. The highest BCUT2D eigenvalue weighted by Crippen LogP contribution is 2.53. The quantitative estimate of drug-likeness (QED) is 0.634. The van der Waals surface area contributed by atoms with E-state index in [1.54, 1.807) is 20.8 Å². The van der Waals surface area contributed by atoms with Gasteiger partial charge in [-0.15, -0.1) is 0 Å². The molecule has 0 radical (unpaired) electrons. The second-order valence-electron chi connectivity index (χ2n) is 11.3. The van der Waals surface area contributed by atoms with Crippen molar-refractivity contribution in [3.05, 3.63) is 28.8 Å². The van der Waals surface area contributed by atoms with Crippen molar-refractivity contribution in [3.8, 4) is 5.75 Å². The third-order valence-corrected chi connectivity index (χ3v) is 7.40. The fourth-order valence-electron chi connectivity index (χ4n) is 5.49. The number of nitrogens with one attached hydrogen (secondary N) is 1. The van der Waals surface area contributed by atoms with Crippen molar-refractivity contribution >= 4 is 23.6 Å². The minimum absolute atomic E-state index is 0.0646. The summed E-state index contributed by atoms with van der Waals surface area (Å²) in [5, 5.41) is 3.43. The highest BCUT2D eigenvalue weighted by molar-refractivity contribution is 6.30. The summed E-state index contributed by atoms with van der Waals surface area (Å²) in [6.07, 6.45) is 1.60. The molecular weight excluding hydrogens is 456 g/mol. The molecule has 8 heteroatoms. The van der Waals surface area contributed by atoms with E-state index in [0.29, 0.717) is 24.5 Å². The molecule has 0 bridgehead atoms. The van der Waals surface area contributed by atoms with Crippen LogP contribution in [-0.4, -0.2) is 53.3 Å². The number of carbonyl (C=O) groups is 2. The summed E-state index contributed by atoms with van der Waals surface area (Å²) in [5.41, 5.74) is 0.00569. The van der Waals surface area contributed by atoms with Crippen LogP contribution in [0, 0.1) is 11.8 Å². The van der Waals surface area contributed by atoms with Crippen molar-refractivity contribution in [2.75, 3.05) is 13.1 Å². The maximum atomic E-state index is 13.3. The topological polar surface area (TPSA) is 77.1 Å². The number of rotatable bonds is 3. The maximum Gasteiger partial charge on any atom is 0.408 e. The van der Waals surface area contributed by atoms with E-state index in [-0.39, 0.29) is 30.0 Å². The molecule has 3 heterocycles. The van der Waals surface area contributed by atoms with Gasteiger partial charge in [0.1, 0.15) is 23.0 Å². The number of likely N-dealkylation sites (tertiary alicyclic amines) is 1. The van der Waals surface area contributed by atoms with Crippen molar-refractivity contribution in [1.29, 1.82) is 0 Å². The Morgan fingerprint density at radius 1 is 1.32 bits per heavy atom. The predicted molar refractivity (Wildman–Crippen MR) is 130 cm³/mol. The van der Waals surface area contributed by atoms with Crippen LogP contribution in [0.15, 0.2) is 18.2 Å². The molecule has 2 amide bonds. The molecule has 3 aliphatic heterocycles. The summed E-state index contributed by atoms with van der Waals surface area (Å²) in [6.45, 7) is 12.7. The minimum Gasteiger partial charge on any atom is -0.487 e. The SMILES string of the molecule is CC[C@H](NC(=O)OC(C)(C)C)C(=O)N1CC[C@@H]2O[C@@H]3c4cc(Cl)ccc4OC(C)(C)[C@H]3C[C@@H]2C1. The zero-order chi connectivity index (χ0) is 24.8. The zero-order valence-corrected chi connectivity index (χ0v) is 21.8. The summed E-state index contributed by atoms with van der Waals surface area (Å²) in [7, 11) is 0. The van der Waals surface area contributed by atoms with Crippen LogP contribution in [0.25, 0.3) is 0 Å². The standard InChI is InChI=1S/C26H37ClN2O5/c1-7-19(28-24(31)34-25(2,3)4)23(30)29-11-10-20-15(14-29)12-18-22(32-20)17-13-16(27)8-9-21(17)33-26(18,5)6/h8-9,13,15,18-20,22H,7,10-12,14H2,1-6H3,(H,28,31)/t15-,18+,19+,20+,22-/m1/s1. The summed E-state index contributed by atoms with van der Waals surface area (Å²) in [4.78, 5) is 27.4. The average molecular weight is 493 g/mol. The fourth-order valence-corrected chi connectivity index (χ4v) is 5.67. The Morgan fingerprint density at radius 2 is 2.06 bits per heavy atom. The number of ether oxygens (including phenoxy) is 3. The Bertz CT molecular complexity index is 944. The van der Waals surface area contributed by atoms with E-state index in [9.17, 15) is 9.59 Å². The van der Waals surface area contributed by atoms with E-state index in [0.717, 1.165) is 24.2 Å². The molecule has 1 N–H and O–H groups in total. The summed E-state index contributed by atoms with van der Waals surface area (Å²) in [5.74, 6) is 1.13. The molecule has 3 aliphatic rings. The van der Waals surface area contributed by atoms with Crippen LogP contribution >= 0.6 is 11.6 Å². The summed E-state index contributed by atoms with van der Waals surface area (Å²) < 4.78 is 18.4. The lowest BCUT2D eigenvalue weighted by Crippen LogP contribution is -2.58. The van der Waals surface area contributed by atoms with Crippen LogP contribution in [-0.2, 0) is 14.3 Å². The number of piperidine rings is 1. The van der Waals surface area contributed by atoms with Crippen molar-refractivity contribution in [3.63, 3.8) is 0 Å². The second-order valence-corrected chi connectivity index (χ2v) is 11.7. The van der Waals surface area contributed by atoms with E-state index >= 15 is 0 Å². The van der Waals surface area contributed by atoms with Crippen LogP contribution in [0.3, 0.4) is 0 Å². The smallest absolute Gasteiger partial charge is 0.408 e. The lowest BCUT2D eigenvalue weighted by molar-refractivity contribution is -0.189. The zero-order valence-electron chi connectivity index (χ0n) is 21.0. The second kappa shape index (κ2) is 9.23. The van der Waals surface area contributed by atoms with E-state index in [2.05, 4.69) is 19.2 Å². The lowest BCUT2D eigenvalue weighted by Gasteiger charge is -2.53. The Morgan fingerprint density at radius 3 is 2.74 bits per heavy atom. The van der Waals surface area contributed by atoms with Gasteiger partial charge in [-0.3, -0.25) is 4.79 Å². The number of fused-ring (bicyclic) bond motifs is 4. The Hall–Kier alpha value is -1.99. The third kappa shape index (κ3) is 5.15. The number of benzene rings is 1. The van der Waals surface area contributed by atoms with Gasteiger partial charge >= 0.3 is 6.09 Å². The molecule has 0 spiro atoms. The molecule has 34 heavy (non-hydrogen) atoms. The number of nitrogens with zero attached hydrogens (tertiary/aromatic N) is 1. The van der Waals surface area contributed by atoms with Gasteiger partial charge in [0, 0.05) is 35.5 Å². The van der Waals surface area contributed by atoms with Crippen molar-refractivity contribution < 1.29 is 23.8 Å². The normalized spacial score (nSPS) is 28.5. The van der Waals surface area contributed by atoms with Gasteiger partial charge in [0.15, 0.2) is 0 Å². The van der Waals surface area contributed by atoms with Crippen molar-refractivity contribution in [1.82, 2.24) is 10.2 Å². The number of hydrogen-bond acceptors (Lipinski definition) is 5. The van der Waals surface area contributed by atoms with Gasteiger partial charge in [0.05, 0.1) is 12.2 Å². The Balaban J connectivity index is 1.45. The molecule has 188 valence electrons. The van der Waals surface area contributed by atoms with Crippen LogP contribution in [0.1, 0.15) is 72.5 Å². The highest BCUT2D eigenvalue weighted by atomic mass is 35.5. The lowest BCUT2D eigenvalue weighted by atomic mass is 9.70. The summed E-state index contributed by atoms with van der Waals surface area (Å²) >= 11 is 6.29. The van der Waals surface area contributed by atoms with E-state index < -0.39 is 23.3 Å². The van der Waals surface area contributed by atoms with Gasteiger partial charge in [-0.2, -0.15) is 0 Å². The average Bonchev–Trinajstić information content (AvgIpc) is 2.75. The molecule has 5 atom stereocenters. The van der Waals surface area contributed by atoms with Crippen LogP contribution in [0.5, 0.6) is 5.75 Å². The van der Waals surface area contributed by atoms with Crippen LogP contribution in [0.4, 0.5) is 4.79 Å². The van der Waals surface area contributed by atoms with Gasteiger partial charge in [-0.05, 0) is 72.1 Å². The van der Waals surface area contributed by atoms with Crippen molar-refractivity contribution in [2.45, 2.75) is 90.3 Å². The first-order valence-corrected chi connectivity index (χ1v) is 12.7. The molecule has 7 nitrogen and oxygen atoms in total. The molecule has 0 saturated carbocycles. The number of halogens is 1. The van der Waals surface area contributed by atoms with E-state index in [1.165, 1.54) is 0 Å². The van der Waals surface area contributed by atoms with Gasteiger partial charge in [0.2, 0.25) is 5.91 Å². The molecule has 0 aromatic heterocycles. The van der Waals surface area contributed by atoms with Crippen LogP contribution < -0.4 is 10.1 Å². The molecule has 0 aliphatic carbocycles. The minimum atomic E-state index is -0.614. The number of hydrogen-bond donors (Lipinski definition) is 1. The predicted octanol–water partition coefficient (Wildman–Crippen LogP) is 5.11. The molecule has 0 unspecified atom stereocenters. The Kier molecular flexibility index (Phi) is 6.82. The van der Waals surface area contributed by atoms with Gasteiger partial charge in [-0.1, -0.05) is 18.5 Å². The van der Waals surface area contributed by atoms with E-state index in [1.807, 2.05) is 30.0 Å². The van der Waals surface area contributed by atoms with Gasteiger partial charge < -0.3 is 24.4 Å². The molecule has 2 fully saturated rings.